The van der Waals surface area contributed by atoms with Crippen LogP contribution in [0.3, 0.4) is 0 Å². The van der Waals surface area contributed by atoms with Crippen LogP contribution < -0.4 is 10.4 Å². The highest BCUT2D eigenvalue weighted by atomic mass is 79.9. The maximum Gasteiger partial charge on any atom is 0.490 e. The van der Waals surface area contributed by atoms with Gasteiger partial charge in [-0.3, -0.25) is 20.1 Å². The van der Waals surface area contributed by atoms with Crippen molar-refractivity contribution in [3.8, 4) is 6.07 Å². The second kappa shape index (κ2) is 17.2. The van der Waals surface area contributed by atoms with Gasteiger partial charge in [-0.1, -0.05) is 31.4 Å². The molecule has 15 heteroatoms. The van der Waals surface area contributed by atoms with Crippen molar-refractivity contribution in [2.75, 3.05) is 57.9 Å². The molecule has 256 valence electrons. The summed E-state index contributed by atoms with van der Waals surface area (Å²) in [5.74, 6) is -1.52. The molecule has 0 radical (unpaired) electrons. The lowest BCUT2D eigenvalue weighted by molar-refractivity contribution is -0.192. The minimum absolute atomic E-state index is 0.0847. The lowest BCUT2D eigenvalue weighted by Gasteiger charge is -2.38. The van der Waals surface area contributed by atoms with Crippen LogP contribution in [0, 0.1) is 17.2 Å². The molecule has 3 fully saturated rings. The van der Waals surface area contributed by atoms with E-state index in [1.807, 2.05) is 29.3 Å². The van der Waals surface area contributed by atoms with Crippen LogP contribution in [0.25, 0.3) is 0 Å². The minimum Gasteiger partial charge on any atom is -0.475 e. The third-order valence-corrected chi connectivity index (χ3v) is 9.32. The smallest absolute Gasteiger partial charge is 0.475 e. The molecule has 1 unspecified atom stereocenters. The number of carboxylic acid groups (broad SMARTS) is 1. The van der Waals surface area contributed by atoms with Gasteiger partial charge in [-0.05, 0) is 78.8 Å². The molecule has 0 spiro atoms. The van der Waals surface area contributed by atoms with Gasteiger partial charge in [-0.2, -0.15) is 23.4 Å². The van der Waals surface area contributed by atoms with Crippen LogP contribution in [-0.4, -0.2) is 107 Å². The van der Waals surface area contributed by atoms with Gasteiger partial charge in [0.15, 0.2) is 5.82 Å². The molecule has 1 saturated carbocycles. The number of aliphatic carboxylic acids is 1. The topological polar surface area (TPSA) is 129 Å². The fourth-order valence-electron chi connectivity index (χ4n) is 6.40. The number of rotatable bonds is 8. The lowest BCUT2D eigenvalue weighted by Crippen LogP contribution is -2.50. The number of amides is 1. The fraction of sp³-hybridized carbons (Fsp3) is 0.594. The molecule has 1 atom stereocenters. The van der Waals surface area contributed by atoms with Gasteiger partial charge in [0.1, 0.15) is 6.07 Å². The minimum atomic E-state index is -5.08. The molecule has 1 amide bonds. The zero-order valence-electron chi connectivity index (χ0n) is 26.6. The van der Waals surface area contributed by atoms with Crippen molar-refractivity contribution in [3.05, 3.63) is 51.9 Å². The van der Waals surface area contributed by atoms with Crippen LogP contribution >= 0.6 is 15.9 Å². The first-order chi connectivity index (χ1) is 22.4. The van der Waals surface area contributed by atoms with Gasteiger partial charge in [-0.15, -0.1) is 0 Å². The van der Waals surface area contributed by atoms with Gasteiger partial charge in [0.25, 0.3) is 5.91 Å². The summed E-state index contributed by atoms with van der Waals surface area (Å²) in [4.78, 5) is 38.5. The van der Waals surface area contributed by atoms with Crippen LogP contribution in [0.15, 0.2) is 34.9 Å². The molecule has 1 aromatic heterocycles. The first-order valence-electron chi connectivity index (χ1n) is 16.0. The molecule has 2 saturated heterocycles. The summed E-state index contributed by atoms with van der Waals surface area (Å²) in [6.45, 7) is 8.83. The number of carbonyl (C=O) groups is 2. The highest BCUT2D eigenvalue weighted by Gasteiger charge is 2.38. The molecule has 0 bridgehead atoms. The number of carboxylic acids is 1. The van der Waals surface area contributed by atoms with Crippen molar-refractivity contribution < 1.29 is 27.9 Å². The highest BCUT2D eigenvalue weighted by molar-refractivity contribution is 9.10. The summed E-state index contributed by atoms with van der Waals surface area (Å²) >= 11 is 3.54. The van der Waals surface area contributed by atoms with Crippen molar-refractivity contribution >= 4 is 33.6 Å². The summed E-state index contributed by atoms with van der Waals surface area (Å²) in [7, 11) is 2.24. The molecular weight excluding hydrogens is 681 g/mol. The van der Waals surface area contributed by atoms with E-state index in [2.05, 4.69) is 59.1 Å². The first kappa shape index (κ1) is 36.5. The van der Waals surface area contributed by atoms with Crippen LogP contribution in [-0.2, 0) is 11.3 Å². The van der Waals surface area contributed by atoms with E-state index in [0.717, 1.165) is 69.9 Å². The van der Waals surface area contributed by atoms with Crippen LogP contribution in [0.1, 0.15) is 66.7 Å². The van der Waals surface area contributed by atoms with Gasteiger partial charge < -0.3 is 14.9 Å². The third-order valence-electron chi connectivity index (χ3n) is 8.76. The Labute approximate surface area is 281 Å². The van der Waals surface area contributed by atoms with Crippen molar-refractivity contribution in [2.45, 2.75) is 63.7 Å². The number of likely N-dealkylation sites (tertiary alicyclic amines) is 1. The number of piperidine rings is 1. The monoisotopic (exact) mass is 722 g/mol. The maximum absolute atomic E-state index is 13.5. The van der Waals surface area contributed by atoms with E-state index in [1.54, 1.807) is 6.20 Å². The van der Waals surface area contributed by atoms with E-state index in [9.17, 15) is 23.2 Å². The predicted molar refractivity (Wildman–Crippen MR) is 173 cm³/mol. The maximum atomic E-state index is 13.5. The molecule has 3 heterocycles. The van der Waals surface area contributed by atoms with Gasteiger partial charge in [0, 0.05) is 57.6 Å². The number of nitriles is 1. The Bertz CT molecular complexity index is 1390. The lowest BCUT2D eigenvalue weighted by atomic mass is 9.95. The average molecular weight is 724 g/mol. The zero-order valence-corrected chi connectivity index (χ0v) is 28.1. The van der Waals surface area contributed by atoms with E-state index in [0.29, 0.717) is 15.9 Å². The van der Waals surface area contributed by atoms with Crippen molar-refractivity contribution in [3.63, 3.8) is 0 Å². The number of hydrogen-bond acceptors (Lipinski definition) is 9. The molecule has 1 aromatic carbocycles. The number of piperazine rings is 1. The molecule has 1 aliphatic carbocycles. The Kier molecular flexibility index (Phi) is 13.4. The largest absolute Gasteiger partial charge is 0.490 e. The van der Waals surface area contributed by atoms with Gasteiger partial charge in [0.05, 0.1) is 10.5 Å². The summed E-state index contributed by atoms with van der Waals surface area (Å²) in [6.07, 6.45) is 4.49. The van der Waals surface area contributed by atoms with E-state index in [-0.39, 0.29) is 17.8 Å². The summed E-state index contributed by atoms with van der Waals surface area (Å²) in [5.41, 5.74) is 4.91. The van der Waals surface area contributed by atoms with Crippen LogP contribution in [0.2, 0.25) is 0 Å². The molecule has 47 heavy (non-hydrogen) atoms. The third kappa shape index (κ3) is 11.1. The zero-order chi connectivity index (χ0) is 34.0. The molecular formula is C32H42BrF3N8O3. The number of anilines is 1. The van der Waals surface area contributed by atoms with Gasteiger partial charge in [0.2, 0.25) is 5.82 Å². The second-order valence-electron chi connectivity index (χ2n) is 12.4. The van der Waals surface area contributed by atoms with Gasteiger partial charge in [-0.25, -0.2) is 9.78 Å². The number of hydrazine groups is 1. The number of nitrogens with zero attached hydrogens (tertiary/aromatic N) is 7. The van der Waals surface area contributed by atoms with E-state index in [4.69, 9.17) is 9.90 Å². The normalized spacial score (nSPS) is 20.0. The average Bonchev–Trinajstić information content (AvgIpc) is 3.05. The number of alkyl halides is 3. The van der Waals surface area contributed by atoms with Gasteiger partial charge >= 0.3 is 12.1 Å². The van der Waals surface area contributed by atoms with Crippen LogP contribution in [0.5, 0.6) is 0 Å². The highest BCUT2D eigenvalue weighted by Crippen LogP contribution is 2.30. The number of aromatic nitrogens is 2. The Morgan fingerprint density at radius 2 is 1.77 bits per heavy atom. The van der Waals surface area contributed by atoms with E-state index < -0.39 is 12.1 Å². The summed E-state index contributed by atoms with van der Waals surface area (Å²) in [5, 5.41) is 18.3. The number of hydrogen-bond donors (Lipinski definition) is 2. The number of benzene rings is 1. The number of nitrogens with one attached hydrogen (secondary N) is 1. The van der Waals surface area contributed by atoms with E-state index >= 15 is 0 Å². The summed E-state index contributed by atoms with van der Waals surface area (Å²) in [6, 6.07) is 10.1. The van der Waals surface area contributed by atoms with E-state index in [1.165, 1.54) is 38.9 Å². The Hall–Kier alpha value is -3.32. The Balaban J connectivity index is 0.000000644. The quantitative estimate of drug-likeness (QED) is 0.371. The molecule has 11 nitrogen and oxygen atoms in total. The van der Waals surface area contributed by atoms with Crippen molar-refractivity contribution in [1.82, 2.24) is 30.1 Å². The van der Waals surface area contributed by atoms with Crippen molar-refractivity contribution in [1.29, 1.82) is 5.26 Å². The van der Waals surface area contributed by atoms with Crippen molar-refractivity contribution in [2.24, 2.45) is 5.92 Å². The van der Waals surface area contributed by atoms with Crippen LogP contribution in [0.4, 0.5) is 19.0 Å². The predicted octanol–water partition coefficient (Wildman–Crippen LogP) is 4.69. The molecule has 2 aliphatic heterocycles. The molecule has 5 rings (SSSR count). The Morgan fingerprint density at radius 3 is 2.40 bits per heavy atom. The molecule has 2 aromatic rings. The first-order valence-corrected chi connectivity index (χ1v) is 16.8. The molecule has 3 aliphatic rings. The fourth-order valence-corrected chi connectivity index (χ4v) is 6.78. The number of halogens is 4. The second-order valence-corrected chi connectivity index (χ2v) is 13.3. The SMILES string of the molecule is CN1CCCC(CN2CCN(Cc3cccc(C(=O)NN(c4nc(C#N)ncc4Br)C4CCCCC4)c3)CC2)C1.O=C(O)C(F)(F)F. The molecule has 2 N–H and O–H groups in total. The standard InChI is InChI=1S/C30H41BrN8O.C2HF3O2/c1-36-12-6-8-24(20-36)22-38-15-13-37(14-16-38)21-23-7-5-9-25(17-23)30(40)35-39(26-10-3-2-4-11-26)29-27(31)19-33-28(18-32)34-29;3-2(4,5)1(6)7/h5,7,9,17,19,24,26H,2-4,6,8,10-16,20-22H2,1H3,(H,35,40);(H,6,7). The number of carbonyl (C=O) groups excluding carboxylic acids is 1. The summed E-state index contributed by atoms with van der Waals surface area (Å²) < 4.78 is 32.4. The Morgan fingerprint density at radius 1 is 1.09 bits per heavy atom.